The number of hydrogen-bond donors (Lipinski definition) is 0. The lowest BCUT2D eigenvalue weighted by Crippen LogP contribution is -2.74. The van der Waals surface area contributed by atoms with E-state index in [2.05, 4.69) is 264 Å². The SMILES string of the molecule is c1ccc(-c2ccc(-c3ccc(-n4c5ccccc5c5c(-n6c7ccccc7c7ccc([Si](c8ccccc8)(c8ccccc8)c8ccccc8)cc76)cccc54)cc3)cc2)cc1. The van der Waals surface area contributed by atoms with E-state index in [0.717, 1.165) is 5.69 Å². The number of benzene rings is 10. The Morgan fingerprint density at radius 3 is 1.25 bits per heavy atom. The molecular formula is C60H42N2Si. The Hall–Kier alpha value is -7.98. The van der Waals surface area contributed by atoms with Gasteiger partial charge in [-0.2, -0.15) is 0 Å². The molecule has 2 nitrogen and oxygen atoms in total. The molecule has 0 saturated carbocycles. The van der Waals surface area contributed by atoms with Gasteiger partial charge in [0, 0.05) is 27.2 Å². The van der Waals surface area contributed by atoms with E-state index in [4.69, 9.17) is 0 Å². The van der Waals surface area contributed by atoms with Crippen LogP contribution in [0.5, 0.6) is 0 Å². The Bertz CT molecular complexity index is 3480. The van der Waals surface area contributed by atoms with Crippen LogP contribution < -0.4 is 20.7 Å². The highest BCUT2D eigenvalue weighted by Gasteiger charge is 2.41. The fraction of sp³-hybridized carbons (Fsp3) is 0. The van der Waals surface area contributed by atoms with Gasteiger partial charge < -0.3 is 9.13 Å². The van der Waals surface area contributed by atoms with E-state index >= 15 is 0 Å². The van der Waals surface area contributed by atoms with Crippen molar-refractivity contribution in [3.8, 4) is 33.6 Å². The van der Waals surface area contributed by atoms with Gasteiger partial charge in [0.1, 0.15) is 0 Å². The van der Waals surface area contributed by atoms with Gasteiger partial charge in [-0.1, -0.05) is 212 Å². The third-order valence-corrected chi connectivity index (χ3v) is 17.9. The zero-order chi connectivity index (χ0) is 41.7. The summed E-state index contributed by atoms with van der Waals surface area (Å²) in [7, 11) is -2.79. The Morgan fingerprint density at radius 1 is 0.254 bits per heavy atom. The summed E-state index contributed by atoms with van der Waals surface area (Å²) in [5, 5.41) is 10.4. The van der Waals surface area contributed by atoms with Crippen molar-refractivity contribution in [1.29, 1.82) is 0 Å². The van der Waals surface area contributed by atoms with Crippen molar-refractivity contribution in [3.05, 3.63) is 255 Å². The van der Waals surface area contributed by atoms with E-state index in [-0.39, 0.29) is 0 Å². The molecule has 2 aromatic heterocycles. The van der Waals surface area contributed by atoms with Gasteiger partial charge in [0.2, 0.25) is 0 Å². The topological polar surface area (TPSA) is 9.86 Å². The molecule has 0 fully saturated rings. The van der Waals surface area contributed by atoms with Crippen LogP contribution in [-0.4, -0.2) is 17.2 Å². The van der Waals surface area contributed by atoms with Gasteiger partial charge in [0.15, 0.2) is 8.07 Å². The molecule has 63 heavy (non-hydrogen) atoms. The number of fused-ring (bicyclic) bond motifs is 6. The summed E-state index contributed by atoms with van der Waals surface area (Å²) in [5.41, 5.74) is 11.9. The van der Waals surface area contributed by atoms with Crippen LogP contribution in [0.25, 0.3) is 77.2 Å². The van der Waals surface area contributed by atoms with Crippen LogP contribution in [0.15, 0.2) is 255 Å². The maximum Gasteiger partial charge on any atom is 0.179 e. The van der Waals surface area contributed by atoms with Gasteiger partial charge >= 0.3 is 0 Å². The summed E-state index contributed by atoms with van der Waals surface area (Å²) in [5.74, 6) is 0. The van der Waals surface area contributed by atoms with E-state index in [9.17, 15) is 0 Å². The molecule has 0 N–H and O–H groups in total. The van der Waals surface area contributed by atoms with Crippen LogP contribution in [-0.2, 0) is 0 Å². The summed E-state index contributed by atoms with van der Waals surface area (Å²) in [6, 6.07) is 94.2. The highest BCUT2D eigenvalue weighted by atomic mass is 28.3. The van der Waals surface area contributed by atoms with Gasteiger partial charge in [-0.15, -0.1) is 0 Å². The quantitative estimate of drug-likeness (QED) is 0.107. The Morgan fingerprint density at radius 2 is 0.683 bits per heavy atom. The van der Waals surface area contributed by atoms with Gasteiger partial charge in [0.05, 0.1) is 27.8 Å². The summed E-state index contributed by atoms with van der Waals surface area (Å²) in [4.78, 5) is 0. The molecule has 0 bridgehead atoms. The zero-order valence-electron chi connectivity index (χ0n) is 34.6. The van der Waals surface area contributed by atoms with E-state index in [1.807, 2.05) is 0 Å². The predicted molar refractivity (Wildman–Crippen MR) is 270 cm³/mol. The molecule has 0 radical (unpaired) electrons. The maximum absolute atomic E-state index is 2.79. The number of hydrogen-bond acceptors (Lipinski definition) is 0. The monoisotopic (exact) mass is 818 g/mol. The second kappa shape index (κ2) is 15.2. The first-order chi connectivity index (χ1) is 31.3. The van der Waals surface area contributed by atoms with Gasteiger partial charge in [-0.3, -0.25) is 0 Å². The first-order valence-electron chi connectivity index (χ1n) is 21.8. The minimum atomic E-state index is -2.79. The first-order valence-corrected chi connectivity index (χ1v) is 23.8. The maximum atomic E-state index is 2.54. The molecule has 12 aromatic rings. The van der Waals surface area contributed by atoms with Gasteiger partial charge in [0.25, 0.3) is 0 Å². The molecule has 2 heterocycles. The third-order valence-electron chi connectivity index (χ3n) is 13.1. The number of aromatic nitrogens is 2. The molecule has 0 aliphatic heterocycles. The molecule has 3 heteroatoms. The van der Waals surface area contributed by atoms with E-state index < -0.39 is 8.07 Å². The van der Waals surface area contributed by atoms with Crippen LogP contribution in [0.3, 0.4) is 0 Å². The average Bonchev–Trinajstić information content (AvgIpc) is 3.88. The van der Waals surface area contributed by atoms with Crippen molar-refractivity contribution < 1.29 is 0 Å². The molecule has 0 unspecified atom stereocenters. The second-order valence-electron chi connectivity index (χ2n) is 16.4. The molecule has 0 aliphatic rings. The smallest absolute Gasteiger partial charge is 0.179 e. The lowest BCUT2D eigenvalue weighted by atomic mass is 10.0. The third kappa shape index (κ3) is 5.93. The number of para-hydroxylation sites is 2. The Balaban J connectivity index is 1.07. The fourth-order valence-electron chi connectivity index (χ4n) is 10.3. The second-order valence-corrected chi connectivity index (χ2v) is 20.3. The van der Waals surface area contributed by atoms with Gasteiger partial charge in [-0.25, -0.2) is 0 Å². The van der Waals surface area contributed by atoms with E-state index in [0.29, 0.717) is 0 Å². The molecular weight excluding hydrogens is 777 g/mol. The molecule has 0 aliphatic carbocycles. The zero-order valence-corrected chi connectivity index (χ0v) is 35.6. The van der Waals surface area contributed by atoms with Crippen LogP contribution in [0, 0.1) is 0 Å². The van der Waals surface area contributed by atoms with Crippen molar-refractivity contribution in [1.82, 2.24) is 9.13 Å². The minimum absolute atomic E-state index is 1.14. The van der Waals surface area contributed by atoms with Crippen LogP contribution in [0.1, 0.15) is 0 Å². The Labute approximate surface area is 368 Å². The first kappa shape index (κ1) is 36.8. The van der Waals surface area contributed by atoms with Gasteiger partial charge in [-0.05, 0) is 85.5 Å². The normalized spacial score (nSPS) is 11.8. The summed E-state index contributed by atoms with van der Waals surface area (Å²) >= 11 is 0. The molecule has 0 amide bonds. The molecule has 10 aromatic carbocycles. The highest BCUT2D eigenvalue weighted by molar-refractivity contribution is 7.20. The Kier molecular flexibility index (Phi) is 8.87. The number of rotatable bonds is 8. The number of nitrogens with zero attached hydrogens (tertiary/aromatic N) is 2. The molecule has 12 rings (SSSR count). The van der Waals surface area contributed by atoms with Crippen molar-refractivity contribution in [3.63, 3.8) is 0 Å². The highest BCUT2D eigenvalue weighted by Crippen LogP contribution is 2.40. The van der Waals surface area contributed by atoms with E-state index in [1.54, 1.807) is 0 Å². The van der Waals surface area contributed by atoms with Crippen molar-refractivity contribution >= 4 is 72.4 Å². The minimum Gasteiger partial charge on any atom is -0.309 e. The van der Waals surface area contributed by atoms with Crippen molar-refractivity contribution in [2.75, 3.05) is 0 Å². The molecule has 296 valence electrons. The van der Waals surface area contributed by atoms with Crippen LogP contribution in [0.4, 0.5) is 0 Å². The van der Waals surface area contributed by atoms with Crippen LogP contribution >= 0.6 is 0 Å². The lowest BCUT2D eigenvalue weighted by molar-refractivity contribution is 1.17. The largest absolute Gasteiger partial charge is 0.309 e. The van der Waals surface area contributed by atoms with Crippen molar-refractivity contribution in [2.24, 2.45) is 0 Å². The summed E-state index contributed by atoms with van der Waals surface area (Å²) in [6.45, 7) is 0. The molecule has 0 saturated heterocycles. The lowest BCUT2D eigenvalue weighted by Gasteiger charge is -2.34. The summed E-state index contributed by atoms with van der Waals surface area (Å²) in [6.07, 6.45) is 0. The van der Waals surface area contributed by atoms with Crippen LogP contribution in [0.2, 0.25) is 0 Å². The summed E-state index contributed by atoms with van der Waals surface area (Å²) < 4.78 is 4.98. The standard InChI is InChI=1S/C60H42N2Si/c1-5-18-43(19-6-1)44-32-34-45(35-33-44)46-36-38-47(39-37-46)61-56-29-16-14-27-54(56)60-57(61)30-17-31-58(60)62-55-28-15-13-26-52(55)53-41-40-51(42-59(53)62)63(48-20-7-2-8-21-48,49-22-9-3-10-23-49)50-24-11-4-12-25-50/h1-42H. The van der Waals surface area contributed by atoms with Crippen molar-refractivity contribution in [2.45, 2.75) is 0 Å². The molecule has 0 atom stereocenters. The predicted octanol–water partition coefficient (Wildman–Crippen LogP) is 12.6. The fourth-order valence-corrected chi connectivity index (χ4v) is 15.0. The van der Waals surface area contributed by atoms with E-state index in [1.165, 1.54) is 92.3 Å². The average molecular weight is 819 g/mol. The molecule has 0 spiro atoms.